The molecule has 5 nitrogen and oxygen atoms in total. The highest BCUT2D eigenvalue weighted by Gasteiger charge is 2.22. The van der Waals surface area contributed by atoms with Crippen LogP contribution in [0.15, 0.2) is 42.9 Å². The third-order valence-electron chi connectivity index (χ3n) is 4.38. The summed E-state index contributed by atoms with van der Waals surface area (Å²) in [5, 5.41) is 4.41. The van der Waals surface area contributed by atoms with Gasteiger partial charge in [-0.1, -0.05) is 30.3 Å². The zero-order chi connectivity index (χ0) is 14.9. The van der Waals surface area contributed by atoms with E-state index in [9.17, 15) is 0 Å². The molecule has 1 aliphatic heterocycles. The van der Waals surface area contributed by atoms with Gasteiger partial charge in [0.2, 0.25) is 0 Å². The van der Waals surface area contributed by atoms with Gasteiger partial charge in [-0.25, -0.2) is 9.97 Å². The molecule has 3 N–H and O–H groups in total. The van der Waals surface area contributed by atoms with E-state index in [1.807, 2.05) is 6.07 Å². The first-order valence-electron chi connectivity index (χ1n) is 7.67. The summed E-state index contributed by atoms with van der Waals surface area (Å²) >= 11 is 0. The van der Waals surface area contributed by atoms with Crippen molar-refractivity contribution in [3.05, 3.63) is 54.0 Å². The lowest BCUT2D eigenvalue weighted by atomic mass is 10.1. The monoisotopic (exact) mass is 293 g/mol. The first kappa shape index (κ1) is 13.3. The SMILES string of the molecule is Nc1ncnc2c1c(Cc1ccccc1)cn2C1CCNC1. The highest BCUT2D eigenvalue weighted by Crippen LogP contribution is 2.30. The van der Waals surface area contributed by atoms with E-state index in [0.29, 0.717) is 11.9 Å². The molecule has 0 saturated carbocycles. The van der Waals surface area contributed by atoms with Crippen LogP contribution in [0.1, 0.15) is 23.6 Å². The quantitative estimate of drug-likeness (QED) is 0.776. The summed E-state index contributed by atoms with van der Waals surface area (Å²) in [6.45, 7) is 2.04. The fraction of sp³-hybridized carbons (Fsp3) is 0.294. The molecule has 3 heterocycles. The summed E-state index contributed by atoms with van der Waals surface area (Å²) in [5.74, 6) is 0.570. The van der Waals surface area contributed by atoms with Crippen LogP contribution in [-0.2, 0) is 6.42 Å². The first-order valence-corrected chi connectivity index (χ1v) is 7.67. The molecule has 112 valence electrons. The van der Waals surface area contributed by atoms with E-state index in [1.54, 1.807) is 6.33 Å². The van der Waals surface area contributed by atoms with Gasteiger partial charge in [-0.2, -0.15) is 0 Å². The van der Waals surface area contributed by atoms with E-state index in [2.05, 4.69) is 50.3 Å². The van der Waals surface area contributed by atoms with Crippen LogP contribution in [0.4, 0.5) is 5.82 Å². The van der Waals surface area contributed by atoms with Crippen LogP contribution in [0.2, 0.25) is 0 Å². The van der Waals surface area contributed by atoms with Crippen LogP contribution in [0, 0.1) is 0 Å². The Kier molecular flexibility index (Phi) is 3.27. The fourth-order valence-electron chi connectivity index (χ4n) is 3.29. The maximum Gasteiger partial charge on any atom is 0.146 e. The second-order valence-corrected chi connectivity index (χ2v) is 5.83. The third-order valence-corrected chi connectivity index (χ3v) is 4.38. The minimum atomic E-state index is 0.446. The van der Waals surface area contributed by atoms with Crippen molar-refractivity contribution in [1.29, 1.82) is 0 Å². The molecule has 0 aliphatic carbocycles. The number of aromatic nitrogens is 3. The Hall–Kier alpha value is -2.40. The smallest absolute Gasteiger partial charge is 0.146 e. The molecule has 0 bridgehead atoms. The van der Waals surface area contributed by atoms with Gasteiger partial charge in [-0.15, -0.1) is 0 Å². The Morgan fingerprint density at radius 1 is 1.23 bits per heavy atom. The van der Waals surface area contributed by atoms with E-state index in [4.69, 9.17) is 5.73 Å². The van der Waals surface area contributed by atoms with Crippen molar-refractivity contribution in [2.75, 3.05) is 18.8 Å². The van der Waals surface area contributed by atoms with Crippen LogP contribution in [0.5, 0.6) is 0 Å². The molecule has 3 aromatic rings. The molecule has 4 rings (SSSR count). The number of nitrogens with two attached hydrogens (primary N) is 1. The topological polar surface area (TPSA) is 68.8 Å². The summed E-state index contributed by atoms with van der Waals surface area (Å²) in [5.41, 5.74) is 9.57. The molecule has 1 unspecified atom stereocenters. The van der Waals surface area contributed by atoms with Crippen molar-refractivity contribution in [2.24, 2.45) is 0 Å². The van der Waals surface area contributed by atoms with Gasteiger partial charge in [0.15, 0.2) is 0 Å². The number of rotatable bonds is 3. The van der Waals surface area contributed by atoms with Crippen molar-refractivity contribution in [2.45, 2.75) is 18.9 Å². The molecule has 22 heavy (non-hydrogen) atoms. The molecule has 1 atom stereocenters. The third kappa shape index (κ3) is 2.23. The Morgan fingerprint density at radius 2 is 2.09 bits per heavy atom. The van der Waals surface area contributed by atoms with Gasteiger partial charge >= 0.3 is 0 Å². The molecule has 0 radical (unpaired) electrons. The van der Waals surface area contributed by atoms with Gasteiger partial charge in [0.1, 0.15) is 17.8 Å². The van der Waals surface area contributed by atoms with Crippen molar-refractivity contribution in [1.82, 2.24) is 19.9 Å². The van der Waals surface area contributed by atoms with Gasteiger partial charge in [0, 0.05) is 18.8 Å². The standard InChI is InChI=1S/C17H19N5/c18-16-15-13(8-12-4-2-1-3-5-12)10-22(14-6-7-19-9-14)17(15)21-11-20-16/h1-5,10-11,14,19H,6-9H2,(H2,18,20,21). The van der Waals surface area contributed by atoms with Crippen molar-refractivity contribution in [3.8, 4) is 0 Å². The molecule has 5 heteroatoms. The van der Waals surface area contributed by atoms with E-state index in [-0.39, 0.29) is 0 Å². The first-order chi connectivity index (χ1) is 10.8. The summed E-state index contributed by atoms with van der Waals surface area (Å²) < 4.78 is 2.27. The maximum atomic E-state index is 6.14. The number of hydrogen-bond donors (Lipinski definition) is 2. The average Bonchev–Trinajstić information content (AvgIpc) is 3.17. The van der Waals surface area contributed by atoms with Crippen molar-refractivity contribution < 1.29 is 0 Å². The van der Waals surface area contributed by atoms with Crippen LogP contribution in [0.3, 0.4) is 0 Å². The Labute approximate surface area is 129 Å². The Balaban J connectivity index is 1.83. The second kappa shape index (κ2) is 5.42. The molecule has 1 aliphatic rings. The number of nitrogens with zero attached hydrogens (tertiary/aromatic N) is 3. The van der Waals surface area contributed by atoms with Gasteiger partial charge < -0.3 is 15.6 Å². The van der Waals surface area contributed by atoms with E-state index >= 15 is 0 Å². The van der Waals surface area contributed by atoms with E-state index in [0.717, 1.165) is 37.0 Å². The molecule has 1 aromatic carbocycles. The van der Waals surface area contributed by atoms with Crippen molar-refractivity contribution in [3.63, 3.8) is 0 Å². The highest BCUT2D eigenvalue weighted by atomic mass is 15.1. The summed E-state index contributed by atoms with van der Waals surface area (Å²) in [4.78, 5) is 8.68. The number of fused-ring (bicyclic) bond motifs is 1. The molecule has 1 fully saturated rings. The molecular weight excluding hydrogens is 274 g/mol. The Morgan fingerprint density at radius 3 is 2.86 bits per heavy atom. The summed E-state index contributed by atoms with van der Waals surface area (Å²) in [6, 6.07) is 10.9. The van der Waals surface area contributed by atoms with Crippen LogP contribution >= 0.6 is 0 Å². The minimum absolute atomic E-state index is 0.446. The predicted molar refractivity (Wildman–Crippen MR) is 87.7 cm³/mol. The normalized spacial score (nSPS) is 18.1. The molecular formula is C17H19N5. The van der Waals surface area contributed by atoms with Gasteiger partial charge in [-0.05, 0) is 30.5 Å². The lowest BCUT2D eigenvalue weighted by Crippen LogP contribution is -2.13. The molecule has 1 saturated heterocycles. The van der Waals surface area contributed by atoms with Gasteiger partial charge in [-0.3, -0.25) is 0 Å². The van der Waals surface area contributed by atoms with Crippen LogP contribution < -0.4 is 11.1 Å². The fourth-order valence-corrected chi connectivity index (χ4v) is 3.29. The molecule has 0 amide bonds. The number of nitrogens with one attached hydrogen (secondary N) is 1. The van der Waals surface area contributed by atoms with Gasteiger partial charge in [0.25, 0.3) is 0 Å². The maximum absolute atomic E-state index is 6.14. The minimum Gasteiger partial charge on any atom is -0.383 e. The molecule has 0 spiro atoms. The van der Waals surface area contributed by atoms with Crippen LogP contribution in [-0.4, -0.2) is 27.6 Å². The van der Waals surface area contributed by atoms with E-state index < -0.39 is 0 Å². The lowest BCUT2D eigenvalue weighted by Gasteiger charge is -2.11. The second-order valence-electron chi connectivity index (χ2n) is 5.83. The van der Waals surface area contributed by atoms with Crippen LogP contribution in [0.25, 0.3) is 11.0 Å². The number of anilines is 1. The molecule has 2 aromatic heterocycles. The summed E-state index contributed by atoms with van der Waals surface area (Å²) in [7, 11) is 0. The number of nitrogen functional groups attached to an aromatic ring is 1. The largest absolute Gasteiger partial charge is 0.383 e. The predicted octanol–water partition coefficient (Wildman–Crippen LogP) is 2.14. The summed E-state index contributed by atoms with van der Waals surface area (Å²) in [6.07, 6.45) is 5.74. The highest BCUT2D eigenvalue weighted by molar-refractivity contribution is 5.90. The number of benzene rings is 1. The Bertz CT molecular complexity index is 787. The van der Waals surface area contributed by atoms with Crippen molar-refractivity contribution >= 4 is 16.9 Å². The zero-order valence-electron chi connectivity index (χ0n) is 12.4. The number of hydrogen-bond acceptors (Lipinski definition) is 4. The lowest BCUT2D eigenvalue weighted by molar-refractivity contribution is 0.560. The average molecular weight is 293 g/mol. The van der Waals surface area contributed by atoms with E-state index in [1.165, 1.54) is 11.1 Å². The van der Waals surface area contributed by atoms with Gasteiger partial charge in [0.05, 0.1) is 5.39 Å². The zero-order valence-corrected chi connectivity index (χ0v) is 12.4.